The highest BCUT2D eigenvalue weighted by molar-refractivity contribution is 7.89. The lowest BCUT2D eigenvalue weighted by molar-refractivity contribution is -0.384. The van der Waals surface area contributed by atoms with Gasteiger partial charge in [0.1, 0.15) is 5.75 Å². The number of nitrogens with one attached hydrogen (secondary N) is 1. The Balaban J connectivity index is 2.03. The Labute approximate surface area is 136 Å². The van der Waals surface area contributed by atoms with Crippen LogP contribution < -0.4 is 9.46 Å². The van der Waals surface area contributed by atoms with Gasteiger partial charge in [0.25, 0.3) is 5.69 Å². The second-order valence-electron chi connectivity index (χ2n) is 4.60. The van der Waals surface area contributed by atoms with E-state index in [4.69, 9.17) is 0 Å². The second-order valence-corrected chi connectivity index (χ2v) is 6.36. The van der Waals surface area contributed by atoms with Crippen molar-refractivity contribution in [2.45, 2.75) is 18.1 Å². The number of hydrogen-bond acceptors (Lipinski definition) is 5. The Morgan fingerprint density at radius 3 is 2.17 bits per heavy atom. The van der Waals surface area contributed by atoms with Crippen LogP contribution in [0.3, 0.4) is 0 Å². The summed E-state index contributed by atoms with van der Waals surface area (Å²) in [6.07, 6.45) is 0. The molecule has 0 heterocycles. The average molecular weight is 358 g/mol. The number of nitrogens with zero attached hydrogens (tertiary/aromatic N) is 1. The molecule has 0 bridgehead atoms. The maximum Gasteiger partial charge on any atom is 0.387 e. The maximum absolute atomic E-state index is 12.1. The number of ether oxygens (including phenoxy) is 1. The summed E-state index contributed by atoms with van der Waals surface area (Å²) in [6.45, 7) is -3.01. The molecule has 0 fully saturated rings. The summed E-state index contributed by atoms with van der Waals surface area (Å²) < 4.78 is 54.8. The van der Waals surface area contributed by atoms with Crippen LogP contribution in [0, 0.1) is 10.1 Å². The molecule has 0 radical (unpaired) electrons. The fourth-order valence-corrected chi connectivity index (χ4v) is 2.82. The lowest BCUT2D eigenvalue weighted by Gasteiger charge is -2.08. The Hall–Kier alpha value is -2.59. The summed E-state index contributed by atoms with van der Waals surface area (Å²) in [5.41, 5.74) is 0.311. The number of halogens is 2. The molecule has 10 heteroatoms. The maximum atomic E-state index is 12.1. The number of rotatable bonds is 7. The number of nitro benzene ring substituents is 1. The van der Waals surface area contributed by atoms with E-state index in [1.807, 2.05) is 0 Å². The van der Waals surface area contributed by atoms with Crippen molar-refractivity contribution < 1.29 is 26.9 Å². The van der Waals surface area contributed by atoms with Crippen molar-refractivity contribution in [3.05, 3.63) is 64.2 Å². The smallest absolute Gasteiger partial charge is 0.387 e. The van der Waals surface area contributed by atoms with Gasteiger partial charge < -0.3 is 4.74 Å². The largest absolute Gasteiger partial charge is 0.435 e. The molecule has 7 nitrogen and oxygen atoms in total. The third-order valence-electron chi connectivity index (χ3n) is 2.97. The van der Waals surface area contributed by atoms with Gasteiger partial charge in [-0.3, -0.25) is 10.1 Å². The van der Waals surface area contributed by atoms with Crippen LogP contribution in [0.15, 0.2) is 53.4 Å². The molecule has 0 saturated carbocycles. The molecule has 0 amide bonds. The Morgan fingerprint density at radius 2 is 1.67 bits per heavy atom. The molecule has 0 spiro atoms. The highest BCUT2D eigenvalue weighted by atomic mass is 32.2. The molecule has 2 aromatic carbocycles. The number of alkyl halides is 2. The minimum Gasteiger partial charge on any atom is -0.435 e. The predicted octanol–water partition coefficient (Wildman–Crippen LogP) is 2.67. The molecule has 2 rings (SSSR count). The molecule has 24 heavy (non-hydrogen) atoms. The molecule has 0 aliphatic carbocycles. The van der Waals surface area contributed by atoms with Crippen LogP contribution in [-0.2, 0) is 16.6 Å². The Bertz CT molecular complexity index is 808. The molecule has 0 aromatic heterocycles. The van der Waals surface area contributed by atoms with E-state index in [-0.39, 0.29) is 22.9 Å². The summed E-state index contributed by atoms with van der Waals surface area (Å²) in [4.78, 5) is 9.80. The Kier molecular flexibility index (Phi) is 5.42. The van der Waals surface area contributed by atoms with Crippen LogP contribution in [0.25, 0.3) is 0 Å². The normalized spacial score (nSPS) is 11.5. The first-order valence-corrected chi connectivity index (χ1v) is 8.04. The lowest BCUT2D eigenvalue weighted by atomic mass is 10.2. The van der Waals surface area contributed by atoms with Crippen LogP contribution >= 0.6 is 0 Å². The molecule has 0 saturated heterocycles. The summed E-state index contributed by atoms with van der Waals surface area (Å²) >= 11 is 0. The van der Waals surface area contributed by atoms with E-state index in [0.717, 1.165) is 24.3 Å². The van der Waals surface area contributed by atoms with Crippen LogP contribution in [0.1, 0.15) is 5.56 Å². The molecule has 128 valence electrons. The first kappa shape index (κ1) is 17.8. The van der Waals surface area contributed by atoms with Gasteiger partial charge in [-0.1, -0.05) is 12.1 Å². The zero-order valence-corrected chi connectivity index (χ0v) is 12.9. The van der Waals surface area contributed by atoms with Gasteiger partial charge >= 0.3 is 6.61 Å². The van der Waals surface area contributed by atoms with E-state index in [1.165, 1.54) is 24.3 Å². The average Bonchev–Trinajstić information content (AvgIpc) is 2.54. The minimum atomic E-state index is -3.85. The fourth-order valence-electron chi connectivity index (χ4n) is 1.80. The summed E-state index contributed by atoms with van der Waals surface area (Å²) in [6, 6.07) is 9.89. The third-order valence-corrected chi connectivity index (χ3v) is 4.39. The van der Waals surface area contributed by atoms with Gasteiger partial charge in [0.05, 0.1) is 9.82 Å². The van der Waals surface area contributed by atoms with Gasteiger partial charge in [-0.05, 0) is 29.8 Å². The minimum absolute atomic E-state index is 0.0352. The van der Waals surface area contributed by atoms with Gasteiger partial charge in [-0.25, -0.2) is 13.1 Å². The van der Waals surface area contributed by atoms with Crippen LogP contribution in [0.4, 0.5) is 14.5 Å². The quantitative estimate of drug-likeness (QED) is 0.606. The predicted molar refractivity (Wildman–Crippen MR) is 80.2 cm³/mol. The van der Waals surface area contributed by atoms with Gasteiger partial charge in [0.15, 0.2) is 0 Å². The van der Waals surface area contributed by atoms with Crippen molar-refractivity contribution in [2.75, 3.05) is 0 Å². The van der Waals surface area contributed by atoms with Crippen LogP contribution in [-0.4, -0.2) is 20.0 Å². The van der Waals surface area contributed by atoms with E-state index in [9.17, 15) is 27.3 Å². The van der Waals surface area contributed by atoms with Gasteiger partial charge in [-0.15, -0.1) is 0 Å². The molecular weight excluding hydrogens is 346 g/mol. The topological polar surface area (TPSA) is 98.5 Å². The van der Waals surface area contributed by atoms with E-state index in [2.05, 4.69) is 9.46 Å². The standard InChI is InChI=1S/C14H12F2N2O5S/c15-14(16)23-12-5-1-10(2-6-12)9-17-24(21,22)13-7-3-11(4-8-13)18(19)20/h1-8,14,17H,9H2. The highest BCUT2D eigenvalue weighted by Gasteiger charge is 2.15. The molecule has 2 aromatic rings. The van der Waals surface area contributed by atoms with E-state index in [1.54, 1.807) is 0 Å². The third kappa shape index (κ3) is 4.70. The number of benzene rings is 2. The molecule has 0 aliphatic rings. The van der Waals surface area contributed by atoms with Crippen LogP contribution in [0.2, 0.25) is 0 Å². The summed E-state index contributed by atoms with van der Waals surface area (Å²) in [5, 5.41) is 10.6. The number of nitro groups is 1. The van der Waals surface area contributed by atoms with E-state index in [0.29, 0.717) is 5.56 Å². The van der Waals surface area contributed by atoms with E-state index >= 15 is 0 Å². The fraction of sp³-hybridized carbons (Fsp3) is 0.143. The molecule has 1 N–H and O–H groups in total. The van der Waals surface area contributed by atoms with Crippen molar-refractivity contribution >= 4 is 15.7 Å². The number of hydrogen-bond donors (Lipinski definition) is 1. The second kappa shape index (κ2) is 7.32. The highest BCUT2D eigenvalue weighted by Crippen LogP contribution is 2.17. The van der Waals surface area contributed by atoms with Crippen LogP contribution in [0.5, 0.6) is 5.75 Å². The molecule has 0 atom stereocenters. The monoisotopic (exact) mass is 358 g/mol. The van der Waals surface area contributed by atoms with Crippen molar-refractivity contribution in [3.63, 3.8) is 0 Å². The van der Waals surface area contributed by atoms with Gasteiger partial charge in [0, 0.05) is 18.7 Å². The lowest BCUT2D eigenvalue weighted by Crippen LogP contribution is -2.23. The number of sulfonamides is 1. The van der Waals surface area contributed by atoms with Crippen molar-refractivity contribution in [2.24, 2.45) is 0 Å². The number of non-ortho nitro benzene ring substituents is 1. The SMILES string of the molecule is O=[N+]([O-])c1ccc(S(=O)(=O)NCc2ccc(OC(F)F)cc2)cc1. The zero-order chi connectivity index (χ0) is 17.7. The van der Waals surface area contributed by atoms with Crippen molar-refractivity contribution in [1.82, 2.24) is 4.72 Å². The van der Waals surface area contributed by atoms with Crippen molar-refractivity contribution in [3.8, 4) is 5.75 Å². The first-order valence-electron chi connectivity index (χ1n) is 6.56. The van der Waals surface area contributed by atoms with Crippen molar-refractivity contribution in [1.29, 1.82) is 0 Å². The molecular formula is C14H12F2N2O5S. The van der Waals surface area contributed by atoms with E-state index < -0.39 is 21.6 Å². The zero-order valence-electron chi connectivity index (χ0n) is 12.1. The van der Waals surface area contributed by atoms with Gasteiger partial charge in [0.2, 0.25) is 10.0 Å². The first-order chi connectivity index (χ1) is 11.3. The summed E-state index contributed by atoms with van der Waals surface area (Å²) in [7, 11) is -3.85. The molecule has 0 unspecified atom stereocenters. The summed E-state index contributed by atoms with van der Waals surface area (Å²) in [5.74, 6) is -0.0352. The van der Waals surface area contributed by atoms with Gasteiger partial charge in [-0.2, -0.15) is 8.78 Å². The molecule has 0 aliphatic heterocycles. The Morgan fingerprint density at radius 1 is 1.08 bits per heavy atom.